The number of aromatic nitrogens is 1. The molecule has 17 heavy (non-hydrogen) atoms. The summed E-state index contributed by atoms with van der Waals surface area (Å²) in [6, 6.07) is 9.02. The van der Waals surface area contributed by atoms with E-state index < -0.39 is 6.36 Å². The minimum absolute atomic E-state index is 0.237. The van der Waals surface area contributed by atoms with Gasteiger partial charge in [0.05, 0.1) is 6.20 Å². The van der Waals surface area contributed by atoms with E-state index in [2.05, 4.69) is 15.9 Å². The fourth-order valence-electron chi connectivity index (χ4n) is 1.34. The zero-order valence-corrected chi connectivity index (χ0v) is 8.53. The van der Waals surface area contributed by atoms with Crippen molar-refractivity contribution in [3.63, 3.8) is 0 Å². The number of alkyl halides is 3. The Morgan fingerprint density at radius 2 is 1.71 bits per heavy atom. The van der Waals surface area contributed by atoms with Gasteiger partial charge in [-0.1, -0.05) is 12.1 Å². The van der Waals surface area contributed by atoms with Gasteiger partial charge in [-0.05, 0) is 35.4 Å². The number of ether oxygens (including phenoxy) is 1. The molecule has 0 bridgehead atoms. The molecule has 2 nitrogen and oxygen atoms in total. The summed E-state index contributed by atoms with van der Waals surface area (Å²) in [4.78, 5) is 3.74. The zero-order valence-electron chi connectivity index (χ0n) is 8.53. The van der Waals surface area contributed by atoms with E-state index in [9.17, 15) is 13.2 Å². The molecule has 0 aliphatic carbocycles. The third-order valence-electron chi connectivity index (χ3n) is 2.04. The van der Waals surface area contributed by atoms with Gasteiger partial charge >= 0.3 is 6.36 Å². The first-order valence-corrected chi connectivity index (χ1v) is 4.73. The van der Waals surface area contributed by atoms with Gasteiger partial charge in [-0.2, -0.15) is 0 Å². The molecule has 1 radical (unpaired) electrons. The lowest BCUT2D eigenvalue weighted by Crippen LogP contribution is -2.16. The van der Waals surface area contributed by atoms with E-state index in [1.807, 2.05) is 0 Å². The summed E-state index contributed by atoms with van der Waals surface area (Å²) < 4.78 is 39.6. The van der Waals surface area contributed by atoms with Crippen LogP contribution < -0.4 is 4.74 Å². The molecule has 2 rings (SSSR count). The Labute approximate surface area is 95.7 Å². The van der Waals surface area contributed by atoms with E-state index in [4.69, 9.17) is 0 Å². The second kappa shape index (κ2) is 4.45. The van der Waals surface area contributed by atoms with E-state index in [-0.39, 0.29) is 5.75 Å². The van der Waals surface area contributed by atoms with Crippen molar-refractivity contribution in [1.29, 1.82) is 0 Å². The van der Waals surface area contributed by atoms with Crippen molar-refractivity contribution in [1.82, 2.24) is 4.98 Å². The minimum atomic E-state index is -4.66. The van der Waals surface area contributed by atoms with Crippen molar-refractivity contribution in [2.45, 2.75) is 6.36 Å². The maximum atomic E-state index is 11.9. The third-order valence-corrected chi connectivity index (χ3v) is 2.04. The summed E-state index contributed by atoms with van der Waals surface area (Å²) >= 11 is 0. The van der Waals surface area contributed by atoms with Crippen LogP contribution in [0.5, 0.6) is 5.75 Å². The van der Waals surface area contributed by atoms with Crippen LogP contribution in [0.25, 0.3) is 11.1 Å². The fourth-order valence-corrected chi connectivity index (χ4v) is 1.34. The van der Waals surface area contributed by atoms with Crippen LogP contribution in [0.3, 0.4) is 0 Å². The number of hydrogen-bond donors (Lipinski definition) is 0. The van der Waals surface area contributed by atoms with Crippen LogP contribution in [0.1, 0.15) is 0 Å². The van der Waals surface area contributed by atoms with Gasteiger partial charge in [0.15, 0.2) is 0 Å². The predicted octanol–water partition coefficient (Wildman–Crippen LogP) is 3.45. The molecule has 0 amide bonds. The Morgan fingerprint density at radius 1 is 1.00 bits per heavy atom. The molecular weight excluding hydrogens is 231 g/mol. The molecular formula is C12H7F3NO. The second-order valence-electron chi connectivity index (χ2n) is 3.25. The van der Waals surface area contributed by atoms with E-state index in [1.54, 1.807) is 30.5 Å². The monoisotopic (exact) mass is 238 g/mol. The summed E-state index contributed by atoms with van der Waals surface area (Å²) in [5, 5.41) is 0. The second-order valence-corrected chi connectivity index (χ2v) is 3.25. The molecule has 0 saturated heterocycles. The van der Waals surface area contributed by atoms with Gasteiger partial charge in [-0.25, -0.2) is 0 Å². The highest BCUT2D eigenvalue weighted by Crippen LogP contribution is 2.25. The van der Waals surface area contributed by atoms with E-state index >= 15 is 0 Å². The molecule has 0 N–H and O–H groups in total. The summed E-state index contributed by atoms with van der Waals surface area (Å²) in [5.74, 6) is -0.237. The largest absolute Gasteiger partial charge is 0.573 e. The number of nitrogens with zero attached hydrogens (tertiary/aromatic N) is 1. The van der Waals surface area contributed by atoms with Crippen LogP contribution in [0, 0.1) is 6.20 Å². The quantitative estimate of drug-likeness (QED) is 0.799. The van der Waals surface area contributed by atoms with Crippen molar-refractivity contribution in [3.8, 4) is 16.9 Å². The smallest absolute Gasteiger partial charge is 0.406 e. The minimum Gasteiger partial charge on any atom is -0.406 e. The van der Waals surface area contributed by atoms with Gasteiger partial charge in [-0.15, -0.1) is 13.2 Å². The molecule has 0 saturated carbocycles. The average Bonchev–Trinajstić information content (AvgIpc) is 2.29. The zero-order chi connectivity index (χ0) is 12.3. The first-order valence-electron chi connectivity index (χ1n) is 4.73. The average molecular weight is 238 g/mol. The van der Waals surface area contributed by atoms with E-state index in [1.165, 1.54) is 12.1 Å². The third kappa shape index (κ3) is 3.21. The van der Waals surface area contributed by atoms with Gasteiger partial charge in [0, 0.05) is 6.20 Å². The normalized spacial score (nSPS) is 11.2. The van der Waals surface area contributed by atoms with Gasteiger partial charge in [0.1, 0.15) is 5.75 Å². The molecule has 87 valence electrons. The molecule has 0 unspecified atom stereocenters. The molecule has 5 heteroatoms. The predicted molar refractivity (Wildman–Crippen MR) is 55.2 cm³/mol. The van der Waals surface area contributed by atoms with Gasteiger partial charge in [0.25, 0.3) is 0 Å². The lowest BCUT2D eigenvalue weighted by atomic mass is 10.1. The fraction of sp³-hybridized carbons (Fsp3) is 0.0833. The van der Waals surface area contributed by atoms with E-state index in [0.717, 1.165) is 11.1 Å². The van der Waals surface area contributed by atoms with Crippen molar-refractivity contribution < 1.29 is 17.9 Å². The van der Waals surface area contributed by atoms with Crippen LogP contribution in [-0.4, -0.2) is 11.3 Å². The van der Waals surface area contributed by atoms with Gasteiger partial charge in [-0.3, -0.25) is 4.98 Å². The van der Waals surface area contributed by atoms with Crippen LogP contribution >= 0.6 is 0 Å². The molecule has 1 aromatic carbocycles. The molecule has 1 heterocycles. The number of halogens is 3. The first kappa shape index (κ1) is 11.4. The van der Waals surface area contributed by atoms with Crippen molar-refractivity contribution in [2.24, 2.45) is 0 Å². The number of hydrogen-bond acceptors (Lipinski definition) is 2. The van der Waals surface area contributed by atoms with Crippen LogP contribution in [0.15, 0.2) is 42.6 Å². The van der Waals surface area contributed by atoms with Crippen molar-refractivity contribution >= 4 is 0 Å². The lowest BCUT2D eigenvalue weighted by molar-refractivity contribution is -0.274. The van der Waals surface area contributed by atoms with Gasteiger partial charge in [0.2, 0.25) is 0 Å². The molecule has 2 aromatic rings. The summed E-state index contributed by atoms with van der Waals surface area (Å²) in [6.07, 6.45) is -0.445. The van der Waals surface area contributed by atoms with Crippen LogP contribution in [0.4, 0.5) is 13.2 Å². The highest BCUT2D eigenvalue weighted by atomic mass is 19.4. The summed E-state index contributed by atoms with van der Waals surface area (Å²) in [7, 11) is 0. The molecule has 0 atom stereocenters. The topological polar surface area (TPSA) is 22.1 Å². The summed E-state index contributed by atoms with van der Waals surface area (Å²) in [6.45, 7) is 0. The Morgan fingerprint density at radius 3 is 2.24 bits per heavy atom. The van der Waals surface area contributed by atoms with Crippen LogP contribution in [-0.2, 0) is 0 Å². The molecule has 0 fully saturated rings. The Balaban J connectivity index is 2.19. The van der Waals surface area contributed by atoms with E-state index in [0.29, 0.717) is 0 Å². The van der Waals surface area contributed by atoms with Crippen molar-refractivity contribution in [2.75, 3.05) is 0 Å². The molecule has 0 spiro atoms. The summed E-state index contributed by atoms with van der Waals surface area (Å²) in [5.41, 5.74) is 1.61. The number of benzene rings is 1. The molecule has 0 aliphatic rings. The Bertz CT molecular complexity index is 479. The molecule has 1 aromatic heterocycles. The first-order chi connectivity index (χ1) is 8.04. The standard InChI is InChI=1S/C12H7F3NO/c13-12(14,15)17-11-3-1-9(2-4-11)10-5-7-16-8-6-10/h1-7H. The van der Waals surface area contributed by atoms with Crippen molar-refractivity contribution in [3.05, 3.63) is 48.8 Å². The highest BCUT2D eigenvalue weighted by Gasteiger charge is 2.30. The van der Waals surface area contributed by atoms with Crippen LogP contribution in [0.2, 0.25) is 0 Å². The van der Waals surface area contributed by atoms with Gasteiger partial charge < -0.3 is 4.74 Å². The number of rotatable bonds is 2. The lowest BCUT2D eigenvalue weighted by Gasteiger charge is -2.09. The maximum absolute atomic E-state index is 11.9. The Kier molecular flexibility index (Phi) is 2.99. The molecule has 0 aliphatic heterocycles. The Hall–Kier alpha value is -2.04. The highest BCUT2D eigenvalue weighted by molar-refractivity contribution is 5.63. The SMILES string of the molecule is FC(F)(F)Oc1ccc(-c2c[c]ncc2)cc1. The number of pyridine rings is 1. The maximum Gasteiger partial charge on any atom is 0.573 e.